The molecule has 4 nitrogen and oxygen atoms in total. The van der Waals surface area contributed by atoms with Gasteiger partial charge in [-0.15, -0.1) is 10.2 Å². The van der Waals surface area contributed by atoms with Crippen molar-refractivity contribution >= 4 is 29.0 Å². The van der Waals surface area contributed by atoms with Crippen LogP contribution in [0, 0.1) is 0 Å². The molecule has 1 atom stereocenters. The van der Waals surface area contributed by atoms with Crippen molar-refractivity contribution in [2.75, 3.05) is 5.75 Å². The molecule has 2 aromatic rings. The number of nitrogens with one attached hydrogen (secondary N) is 1. The minimum atomic E-state index is 0.00607. The topological polar surface area (TPSA) is 54.9 Å². The quantitative estimate of drug-likeness (QED) is 0.854. The third kappa shape index (κ3) is 3.82. The van der Waals surface area contributed by atoms with Crippen LogP contribution in [-0.4, -0.2) is 21.9 Å². The number of rotatable bonds is 5. The second kappa shape index (κ2) is 6.51. The Morgan fingerprint density at radius 1 is 1.44 bits per heavy atom. The van der Waals surface area contributed by atoms with E-state index in [1.807, 2.05) is 37.3 Å². The molecule has 1 heterocycles. The molecule has 0 bridgehead atoms. The van der Waals surface area contributed by atoms with Gasteiger partial charge < -0.3 is 5.32 Å². The van der Waals surface area contributed by atoms with Gasteiger partial charge in [0.1, 0.15) is 5.51 Å². The maximum absolute atomic E-state index is 11.7. The largest absolute Gasteiger partial charge is 0.349 e. The lowest BCUT2D eigenvalue weighted by Gasteiger charge is -2.13. The van der Waals surface area contributed by atoms with Gasteiger partial charge in [0.25, 0.3) is 0 Å². The summed E-state index contributed by atoms with van der Waals surface area (Å²) in [6, 6.07) is 9.92. The molecule has 0 aliphatic heterocycles. The van der Waals surface area contributed by atoms with Gasteiger partial charge in [-0.3, -0.25) is 4.79 Å². The normalized spacial score (nSPS) is 12.1. The summed E-state index contributed by atoms with van der Waals surface area (Å²) in [5.41, 5.74) is 2.76. The van der Waals surface area contributed by atoms with Crippen LogP contribution < -0.4 is 5.32 Å². The van der Waals surface area contributed by atoms with Gasteiger partial charge in [0, 0.05) is 0 Å². The number of carbonyl (C=O) groups is 1. The van der Waals surface area contributed by atoms with E-state index in [1.165, 1.54) is 23.1 Å². The summed E-state index contributed by atoms with van der Waals surface area (Å²) in [5, 5.41) is 10.6. The molecule has 2 rings (SSSR count). The van der Waals surface area contributed by atoms with Crippen molar-refractivity contribution in [1.82, 2.24) is 15.5 Å². The summed E-state index contributed by atoms with van der Waals surface area (Å²) in [5.74, 6) is 0.373. The zero-order valence-corrected chi connectivity index (χ0v) is 11.5. The van der Waals surface area contributed by atoms with Crippen molar-refractivity contribution in [1.29, 1.82) is 0 Å². The van der Waals surface area contributed by atoms with Gasteiger partial charge in [0.15, 0.2) is 4.34 Å². The number of nitrogens with zero attached hydrogens (tertiary/aromatic N) is 2. The molecule has 18 heavy (non-hydrogen) atoms. The van der Waals surface area contributed by atoms with E-state index in [1.54, 1.807) is 5.51 Å². The van der Waals surface area contributed by atoms with Crippen molar-refractivity contribution in [2.24, 2.45) is 0 Å². The summed E-state index contributed by atoms with van der Waals surface area (Å²) in [6.07, 6.45) is 0. The SMILES string of the molecule is CC(NC(=O)CSc1nncs1)c1ccccc1. The number of amides is 1. The van der Waals surface area contributed by atoms with Crippen molar-refractivity contribution in [3.8, 4) is 0 Å². The highest BCUT2D eigenvalue weighted by Crippen LogP contribution is 2.19. The fourth-order valence-electron chi connectivity index (χ4n) is 1.46. The summed E-state index contributed by atoms with van der Waals surface area (Å²) in [6.45, 7) is 1.98. The van der Waals surface area contributed by atoms with Crippen LogP contribution in [0.2, 0.25) is 0 Å². The fraction of sp³-hybridized carbons (Fsp3) is 0.250. The highest BCUT2D eigenvalue weighted by molar-refractivity contribution is 8.01. The van der Waals surface area contributed by atoms with Gasteiger partial charge in [-0.1, -0.05) is 53.4 Å². The molecule has 0 aliphatic carbocycles. The maximum atomic E-state index is 11.7. The van der Waals surface area contributed by atoms with Crippen LogP contribution in [0.4, 0.5) is 0 Å². The number of aromatic nitrogens is 2. The lowest BCUT2D eigenvalue weighted by Crippen LogP contribution is -2.28. The van der Waals surface area contributed by atoms with Crippen LogP contribution >= 0.6 is 23.1 Å². The lowest BCUT2D eigenvalue weighted by atomic mass is 10.1. The van der Waals surface area contributed by atoms with E-state index in [0.717, 1.165) is 9.90 Å². The lowest BCUT2D eigenvalue weighted by molar-refractivity contribution is -0.119. The molecule has 6 heteroatoms. The van der Waals surface area contributed by atoms with Gasteiger partial charge in [-0.05, 0) is 12.5 Å². The average Bonchev–Trinajstić information content (AvgIpc) is 2.90. The van der Waals surface area contributed by atoms with E-state index in [4.69, 9.17) is 0 Å². The Labute approximate surface area is 114 Å². The van der Waals surface area contributed by atoms with Crippen molar-refractivity contribution in [2.45, 2.75) is 17.3 Å². The molecule has 0 radical (unpaired) electrons. The summed E-state index contributed by atoms with van der Waals surface area (Å²) < 4.78 is 0.817. The summed E-state index contributed by atoms with van der Waals surface area (Å²) in [4.78, 5) is 11.7. The Bertz CT molecular complexity index is 487. The monoisotopic (exact) mass is 279 g/mol. The van der Waals surface area contributed by atoms with Gasteiger partial charge in [0.2, 0.25) is 5.91 Å². The minimum Gasteiger partial charge on any atom is -0.349 e. The first kappa shape index (κ1) is 13.0. The van der Waals surface area contributed by atoms with E-state index in [2.05, 4.69) is 15.5 Å². The predicted molar refractivity (Wildman–Crippen MR) is 73.6 cm³/mol. The Balaban J connectivity index is 1.80. The van der Waals surface area contributed by atoms with Gasteiger partial charge in [-0.25, -0.2) is 0 Å². The first-order chi connectivity index (χ1) is 8.75. The standard InChI is InChI=1S/C12H13N3OS2/c1-9(10-5-3-2-4-6-10)14-11(16)7-17-12-15-13-8-18-12/h2-6,8-9H,7H2,1H3,(H,14,16). The molecule has 1 unspecified atom stereocenters. The van der Waals surface area contributed by atoms with Gasteiger partial charge >= 0.3 is 0 Å². The highest BCUT2D eigenvalue weighted by atomic mass is 32.2. The van der Waals surface area contributed by atoms with E-state index >= 15 is 0 Å². The molecule has 0 saturated carbocycles. The van der Waals surface area contributed by atoms with Gasteiger partial charge in [-0.2, -0.15) is 0 Å². The molecule has 1 aromatic heterocycles. The van der Waals surface area contributed by atoms with Crippen LogP contribution in [0.5, 0.6) is 0 Å². The third-order valence-corrected chi connectivity index (χ3v) is 4.20. The fourth-order valence-corrected chi connectivity index (χ4v) is 2.76. The zero-order valence-electron chi connectivity index (χ0n) is 9.87. The third-order valence-electron chi connectivity index (χ3n) is 2.34. The molecule has 0 saturated heterocycles. The maximum Gasteiger partial charge on any atom is 0.230 e. The second-order valence-electron chi connectivity index (χ2n) is 3.69. The Morgan fingerprint density at radius 3 is 2.89 bits per heavy atom. The average molecular weight is 279 g/mol. The van der Waals surface area contributed by atoms with E-state index < -0.39 is 0 Å². The summed E-state index contributed by atoms with van der Waals surface area (Å²) >= 11 is 2.85. The van der Waals surface area contributed by atoms with Crippen molar-refractivity contribution in [3.63, 3.8) is 0 Å². The van der Waals surface area contributed by atoms with E-state index in [-0.39, 0.29) is 11.9 Å². The summed E-state index contributed by atoms with van der Waals surface area (Å²) in [7, 11) is 0. The first-order valence-electron chi connectivity index (χ1n) is 5.49. The second-order valence-corrected chi connectivity index (χ2v) is 5.75. The molecule has 0 spiro atoms. The minimum absolute atomic E-state index is 0.00607. The smallest absolute Gasteiger partial charge is 0.230 e. The van der Waals surface area contributed by atoms with Crippen LogP contribution in [0.1, 0.15) is 18.5 Å². The molecule has 0 fully saturated rings. The molecule has 0 aliphatic rings. The molecular weight excluding hydrogens is 266 g/mol. The zero-order chi connectivity index (χ0) is 12.8. The van der Waals surface area contributed by atoms with Crippen molar-refractivity contribution in [3.05, 3.63) is 41.4 Å². The molecule has 1 amide bonds. The van der Waals surface area contributed by atoms with Crippen LogP contribution in [-0.2, 0) is 4.79 Å². The number of hydrogen-bond donors (Lipinski definition) is 1. The molecular formula is C12H13N3OS2. The molecule has 94 valence electrons. The Kier molecular flexibility index (Phi) is 4.72. The van der Waals surface area contributed by atoms with Crippen LogP contribution in [0.15, 0.2) is 40.2 Å². The van der Waals surface area contributed by atoms with E-state index in [9.17, 15) is 4.79 Å². The van der Waals surface area contributed by atoms with Crippen LogP contribution in [0.3, 0.4) is 0 Å². The van der Waals surface area contributed by atoms with Crippen molar-refractivity contribution < 1.29 is 4.79 Å². The Morgan fingerprint density at radius 2 is 2.22 bits per heavy atom. The molecule has 1 N–H and O–H groups in total. The number of thioether (sulfide) groups is 1. The highest BCUT2D eigenvalue weighted by Gasteiger charge is 2.10. The van der Waals surface area contributed by atoms with E-state index in [0.29, 0.717) is 5.75 Å². The predicted octanol–water partition coefficient (Wildman–Crippen LogP) is 2.51. The number of carbonyl (C=O) groups excluding carboxylic acids is 1. The molecule has 1 aromatic carbocycles. The number of benzene rings is 1. The van der Waals surface area contributed by atoms with Crippen LogP contribution in [0.25, 0.3) is 0 Å². The Hall–Kier alpha value is -1.40. The first-order valence-corrected chi connectivity index (χ1v) is 7.35. The number of hydrogen-bond acceptors (Lipinski definition) is 5. The van der Waals surface area contributed by atoms with Gasteiger partial charge in [0.05, 0.1) is 11.8 Å².